The number of hydrogen-bond donors (Lipinski definition) is 0. The fraction of sp³-hybridized carbons (Fsp3) is 0.700. The second-order valence-electron chi connectivity index (χ2n) is 4.59. The van der Waals surface area contributed by atoms with Crippen molar-refractivity contribution < 1.29 is 0 Å². The lowest BCUT2D eigenvalue weighted by Gasteiger charge is -2.30. The Morgan fingerprint density at radius 1 is 1.50 bits per heavy atom. The van der Waals surface area contributed by atoms with Crippen molar-refractivity contribution in [2.75, 3.05) is 0 Å². The lowest BCUT2D eigenvalue weighted by Crippen LogP contribution is -2.26. The molecule has 1 aliphatic rings. The quantitative estimate of drug-likeness (QED) is 0.574. The molecule has 2 heteroatoms. The molecule has 0 radical (unpaired) electrons. The van der Waals surface area contributed by atoms with E-state index < -0.39 is 0 Å². The van der Waals surface area contributed by atoms with Crippen molar-refractivity contribution in [3.63, 3.8) is 0 Å². The summed E-state index contributed by atoms with van der Waals surface area (Å²) in [5.74, 6) is 0. The van der Waals surface area contributed by atoms with E-state index in [9.17, 15) is 0 Å². The highest BCUT2D eigenvalue weighted by Crippen LogP contribution is 2.31. The summed E-state index contributed by atoms with van der Waals surface area (Å²) in [7, 11) is 0. The maximum Gasteiger partial charge on any atom is 0.0521 e. The molecule has 0 aliphatic carbocycles. The molecule has 1 aromatic rings. The molecule has 0 fully saturated rings. The molecule has 2 nitrogen and oxygen atoms in total. The Hall–Kier alpha value is -0.790. The zero-order chi connectivity index (χ0) is 8.77. The molecule has 0 atom stereocenters. The van der Waals surface area contributed by atoms with Crippen LogP contribution < -0.4 is 0 Å². The van der Waals surface area contributed by atoms with Gasteiger partial charge in [-0.1, -0.05) is 13.8 Å². The standard InChI is InChI=1S/C10H16N2/c1-8-7-11-12-5-4-10(2,3)6-9(8)12/h7H,4-6H2,1-3H3. The summed E-state index contributed by atoms with van der Waals surface area (Å²) in [4.78, 5) is 0. The zero-order valence-corrected chi connectivity index (χ0v) is 8.09. The molecule has 2 rings (SSSR count). The molecule has 2 heterocycles. The van der Waals surface area contributed by atoms with Gasteiger partial charge in [-0.25, -0.2) is 0 Å². The first-order chi connectivity index (χ1) is 5.58. The third kappa shape index (κ3) is 1.15. The zero-order valence-electron chi connectivity index (χ0n) is 8.09. The van der Waals surface area contributed by atoms with Gasteiger partial charge in [0.25, 0.3) is 0 Å². The molecule has 0 saturated carbocycles. The van der Waals surface area contributed by atoms with E-state index in [-0.39, 0.29) is 0 Å². The van der Waals surface area contributed by atoms with Crippen molar-refractivity contribution >= 4 is 0 Å². The van der Waals surface area contributed by atoms with Gasteiger partial charge >= 0.3 is 0 Å². The molecule has 0 bridgehead atoms. The van der Waals surface area contributed by atoms with E-state index in [4.69, 9.17) is 0 Å². The van der Waals surface area contributed by atoms with Crippen LogP contribution in [0.3, 0.4) is 0 Å². The summed E-state index contributed by atoms with van der Waals surface area (Å²) in [5.41, 5.74) is 3.26. The Morgan fingerprint density at radius 3 is 3.00 bits per heavy atom. The van der Waals surface area contributed by atoms with Crippen LogP contribution in [0.4, 0.5) is 0 Å². The van der Waals surface area contributed by atoms with Crippen LogP contribution in [0.5, 0.6) is 0 Å². The lowest BCUT2D eigenvalue weighted by atomic mass is 9.81. The van der Waals surface area contributed by atoms with Crippen LogP contribution in [-0.2, 0) is 13.0 Å². The number of nitrogens with zero attached hydrogens (tertiary/aromatic N) is 2. The van der Waals surface area contributed by atoms with Crippen LogP contribution in [0.15, 0.2) is 6.20 Å². The van der Waals surface area contributed by atoms with Crippen molar-refractivity contribution in [3.05, 3.63) is 17.5 Å². The summed E-state index contributed by atoms with van der Waals surface area (Å²) in [6.07, 6.45) is 4.41. The van der Waals surface area contributed by atoms with E-state index in [1.807, 2.05) is 6.20 Å². The molecule has 12 heavy (non-hydrogen) atoms. The molecule has 0 unspecified atom stereocenters. The van der Waals surface area contributed by atoms with Gasteiger partial charge in [0.05, 0.1) is 6.20 Å². The highest BCUT2D eigenvalue weighted by molar-refractivity contribution is 5.18. The minimum absolute atomic E-state index is 0.473. The van der Waals surface area contributed by atoms with Gasteiger partial charge in [-0.2, -0.15) is 5.10 Å². The first-order valence-electron chi connectivity index (χ1n) is 4.60. The van der Waals surface area contributed by atoms with Crippen LogP contribution in [0, 0.1) is 12.3 Å². The minimum Gasteiger partial charge on any atom is -0.269 e. The maximum absolute atomic E-state index is 4.34. The first kappa shape index (κ1) is 7.84. The Morgan fingerprint density at radius 2 is 2.25 bits per heavy atom. The maximum atomic E-state index is 4.34. The predicted octanol–water partition coefficient (Wildman–Crippen LogP) is 2.16. The van der Waals surface area contributed by atoms with Crippen LogP contribution in [0.25, 0.3) is 0 Å². The van der Waals surface area contributed by atoms with Gasteiger partial charge < -0.3 is 0 Å². The Balaban J connectivity index is 2.38. The molecular weight excluding hydrogens is 148 g/mol. The topological polar surface area (TPSA) is 17.8 Å². The van der Waals surface area contributed by atoms with Crippen molar-refractivity contribution in [2.24, 2.45) is 5.41 Å². The van der Waals surface area contributed by atoms with Gasteiger partial charge in [0.2, 0.25) is 0 Å². The number of hydrogen-bond acceptors (Lipinski definition) is 1. The second kappa shape index (κ2) is 2.35. The average molecular weight is 164 g/mol. The summed E-state index contributed by atoms with van der Waals surface area (Å²) in [6.45, 7) is 7.92. The van der Waals surface area contributed by atoms with Crippen molar-refractivity contribution in [1.82, 2.24) is 9.78 Å². The fourth-order valence-corrected chi connectivity index (χ4v) is 1.88. The smallest absolute Gasteiger partial charge is 0.0521 e. The van der Waals surface area contributed by atoms with Crippen LogP contribution in [-0.4, -0.2) is 9.78 Å². The molecule has 0 amide bonds. The highest BCUT2D eigenvalue weighted by Gasteiger charge is 2.26. The third-order valence-corrected chi connectivity index (χ3v) is 2.80. The summed E-state index contributed by atoms with van der Waals surface area (Å²) in [6, 6.07) is 0. The number of aryl methyl sites for hydroxylation is 2. The number of rotatable bonds is 0. The summed E-state index contributed by atoms with van der Waals surface area (Å²) >= 11 is 0. The SMILES string of the molecule is Cc1cnn2c1CC(C)(C)CC2. The largest absolute Gasteiger partial charge is 0.269 e. The fourth-order valence-electron chi connectivity index (χ4n) is 1.88. The average Bonchev–Trinajstić information content (AvgIpc) is 2.31. The molecule has 1 aliphatic heterocycles. The monoisotopic (exact) mass is 164 g/mol. The number of aromatic nitrogens is 2. The van der Waals surface area contributed by atoms with E-state index in [0.29, 0.717) is 5.41 Å². The molecule has 0 saturated heterocycles. The number of fused-ring (bicyclic) bond motifs is 1. The highest BCUT2D eigenvalue weighted by atomic mass is 15.3. The molecule has 0 aromatic carbocycles. The minimum atomic E-state index is 0.473. The van der Waals surface area contributed by atoms with Gasteiger partial charge in [0, 0.05) is 12.2 Å². The Bertz CT molecular complexity index is 297. The van der Waals surface area contributed by atoms with Gasteiger partial charge in [-0.15, -0.1) is 0 Å². The molecule has 1 aromatic heterocycles. The van der Waals surface area contributed by atoms with E-state index in [1.54, 1.807) is 0 Å². The van der Waals surface area contributed by atoms with E-state index >= 15 is 0 Å². The van der Waals surface area contributed by atoms with Crippen LogP contribution in [0.2, 0.25) is 0 Å². The third-order valence-electron chi connectivity index (χ3n) is 2.80. The van der Waals surface area contributed by atoms with Gasteiger partial charge in [-0.3, -0.25) is 4.68 Å². The van der Waals surface area contributed by atoms with Crippen LogP contribution in [0.1, 0.15) is 31.5 Å². The normalized spacial score (nSPS) is 20.6. The lowest BCUT2D eigenvalue weighted by molar-refractivity contribution is 0.259. The van der Waals surface area contributed by atoms with Crippen molar-refractivity contribution in [1.29, 1.82) is 0 Å². The molecule has 66 valence electrons. The van der Waals surface area contributed by atoms with Crippen LogP contribution >= 0.6 is 0 Å². The predicted molar refractivity (Wildman–Crippen MR) is 49.1 cm³/mol. The van der Waals surface area contributed by atoms with Crippen molar-refractivity contribution in [3.8, 4) is 0 Å². The Kier molecular flexibility index (Phi) is 1.53. The second-order valence-corrected chi connectivity index (χ2v) is 4.59. The molecule has 0 N–H and O–H groups in total. The van der Waals surface area contributed by atoms with E-state index in [2.05, 4.69) is 30.6 Å². The van der Waals surface area contributed by atoms with Gasteiger partial charge in [0.1, 0.15) is 0 Å². The molecule has 0 spiro atoms. The van der Waals surface area contributed by atoms with Gasteiger partial charge in [0.15, 0.2) is 0 Å². The van der Waals surface area contributed by atoms with Crippen molar-refractivity contribution in [2.45, 2.75) is 40.2 Å². The molecular formula is C10H16N2. The summed E-state index contributed by atoms with van der Waals surface area (Å²) < 4.78 is 2.15. The first-order valence-corrected chi connectivity index (χ1v) is 4.60. The van der Waals surface area contributed by atoms with E-state index in [1.165, 1.54) is 24.1 Å². The Labute approximate surface area is 73.6 Å². The van der Waals surface area contributed by atoms with Gasteiger partial charge in [-0.05, 0) is 30.7 Å². The summed E-state index contributed by atoms with van der Waals surface area (Å²) in [5, 5.41) is 4.34. The van der Waals surface area contributed by atoms with E-state index in [0.717, 1.165) is 6.54 Å².